The first kappa shape index (κ1) is 18.5. The highest BCUT2D eigenvalue weighted by Gasteiger charge is 2.24. The SMILES string of the molecule is COc1ccc(/C=C2\CCc3c2oc2cc(NC(=O)C(=O)O)ccc2c3=O)cc1. The number of rotatable bonds is 3. The number of ether oxygens (including phenoxy) is 1. The summed E-state index contributed by atoms with van der Waals surface area (Å²) in [5.41, 5.74) is 2.91. The number of aliphatic carboxylic acids is 1. The number of methoxy groups -OCH3 is 1. The lowest BCUT2D eigenvalue weighted by molar-refractivity contribution is -0.147. The molecule has 1 amide bonds. The van der Waals surface area contributed by atoms with E-state index in [1.165, 1.54) is 18.2 Å². The maximum absolute atomic E-state index is 12.9. The standard InChI is InChI=1S/C22H17NO6/c1-28-15-6-2-12(3-7-15)10-13-4-8-17-19(24)16-9-5-14(23-21(25)22(26)27)11-18(16)29-20(13)17/h2-3,5-7,9-11H,4,8H2,1H3,(H,23,25)(H,26,27)/b13-10+. The van der Waals surface area contributed by atoms with Gasteiger partial charge in [-0.05, 0) is 54.3 Å². The average Bonchev–Trinajstić information content (AvgIpc) is 3.11. The molecule has 1 aliphatic rings. The van der Waals surface area contributed by atoms with Crippen LogP contribution in [0.25, 0.3) is 22.6 Å². The number of anilines is 1. The number of fused-ring (bicyclic) bond motifs is 2. The molecular formula is C22H17NO6. The van der Waals surface area contributed by atoms with E-state index in [0.717, 1.165) is 16.9 Å². The Balaban J connectivity index is 1.76. The van der Waals surface area contributed by atoms with Crippen LogP contribution in [0.1, 0.15) is 23.3 Å². The van der Waals surface area contributed by atoms with Crippen molar-refractivity contribution in [3.63, 3.8) is 0 Å². The maximum Gasteiger partial charge on any atom is 0.394 e. The first-order chi connectivity index (χ1) is 14.0. The van der Waals surface area contributed by atoms with Crippen molar-refractivity contribution in [2.45, 2.75) is 12.8 Å². The predicted molar refractivity (Wildman–Crippen MR) is 108 cm³/mol. The molecule has 0 atom stereocenters. The highest BCUT2D eigenvalue weighted by Crippen LogP contribution is 2.34. The van der Waals surface area contributed by atoms with Crippen molar-refractivity contribution in [3.8, 4) is 5.75 Å². The molecule has 0 bridgehead atoms. The van der Waals surface area contributed by atoms with E-state index < -0.39 is 11.9 Å². The number of benzene rings is 2. The van der Waals surface area contributed by atoms with Crippen LogP contribution in [0.4, 0.5) is 5.69 Å². The van der Waals surface area contributed by atoms with Gasteiger partial charge in [0.1, 0.15) is 17.1 Å². The first-order valence-electron chi connectivity index (χ1n) is 8.95. The number of allylic oxidation sites excluding steroid dienone is 1. The summed E-state index contributed by atoms with van der Waals surface area (Å²) in [5, 5.41) is 11.4. The molecule has 0 saturated carbocycles. The van der Waals surface area contributed by atoms with E-state index in [0.29, 0.717) is 35.1 Å². The molecule has 2 N–H and O–H groups in total. The van der Waals surface area contributed by atoms with Gasteiger partial charge >= 0.3 is 11.9 Å². The topological polar surface area (TPSA) is 106 Å². The summed E-state index contributed by atoms with van der Waals surface area (Å²) < 4.78 is 11.2. The molecular weight excluding hydrogens is 374 g/mol. The minimum atomic E-state index is -1.59. The molecule has 4 rings (SSSR count). The van der Waals surface area contributed by atoms with E-state index in [-0.39, 0.29) is 11.1 Å². The molecule has 1 heterocycles. The van der Waals surface area contributed by atoms with Gasteiger partial charge in [0.2, 0.25) is 0 Å². The van der Waals surface area contributed by atoms with Crippen molar-refractivity contribution in [1.29, 1.82) is 0 Å². The Morgan fingerprint density at radius 1 is 1.14 bits per heavy atom. The van der Waals surface area contributed by atoms with Gasteiger partial charge < -0.3 is 19.6 Å². The number of nitrogens with one attached hydrogen (secondary N) is 1. The summed E-state index contributed by atoms with van der Waals surface area (Å²) >= 11 is 0. The van der Waals surface area contributed by atoms with Gasteiger partial charge in [-0.2, -0.15) is 0 Å². The number of amides is 1. The smallest absolute Gasteiger partial charge is 0.394 e. The number of carboxylic acid groups (broad SMARTS) is 1. The number of hydrogen-bond donors (Lipinski definition) is 2. The van der Waals surface area contributed by atoms with Gasteiger partial charge in [-0.3, -0.25) is 9.59 Å². The van der Waals surface area contributed by atoms with Gasteiger partial charge in [0.25, 0.3) is 0 Å². The Morgan fingerprint density at radius 2 is 1.90 bits per heavy atom. The molecule has 0 spiro atoms. The molecule has 1 aromatic heterocycles. The zero-order chi connectivity index (χ0) is 20.5. The van der Waals surface area contributed by atoms with Crippen LogP contribution in [-0.4, -0.2) is 24.1 Å². The van der Waals surface area contributed by atoms with Crippen LogP contribution in [0.2, 0.25) is 0 Å². The Kier molecular flexibility index (Phi) is 4.64. The number of hydrogen-bond acceptors (Lipinski definition) is 5. The van der Waals surface area contributed by atoms with Crippen LogP contribution in [0.5, 0.6) is 5.75 Å². The Labute approximate surface area is 165 Å². The predicted octanol–water partition coefficient (Wildman–Crippen LogP) is 3.31. The second-order valence-corrected chi connectivity index (χ2v) is 6.65. The molecule has 0 radical (unpaired) electrons. The summed E-state index contributed by atoms with van der Waals surface area (Å²) in [6.45, 7) is 0. The Morgan fingerprint density at radius 3 is 2.59 bits per heavy atom. The molecule has 0 fully saturated rings. The van der Waals surface area contributed by atoms with E-state index in [1.54, 1.807) is 7.11 Å². The molecule has 1 aliphatic carbocycles. The van der Waals surface area contributed by atoms with E-state index in [2.05, 4.69) is 5.32 Å². The highest BCUT2D eigenvalue weighted by atomic mass is 16.5. The van der Waals surface area contributed by atoms with Crippen molar-refractivity contribution in [2.75, 3.05) is 12.4 Å². The molecule has 3 aromatic rings. The third-order valence-corrected chi connectivity index (χ3v) is 4.83. The van der Waals surface area contributed by atoms with Crippen LogP contribution < -0.4 is 15.5 Å². The maximum atomic E-state index is 12.9. The van der Waals surface area contributed by atoms with Crippen molar-refractivity contribution in [1.82, 2.24) is 0 Å². The number of carbonyl (C=O) groups is 2. The molecule has 0 saturated heterocycles. The normalized spacial score (nSPS) is 14.0. The van der Waals surface area contributed by atoms with Gasteiger partial charge in [-0.1, -0.05) is 12.1 Å². The first-order valence-corrected chi connectivity index (χ1v) is 8.95. The van der Waals surface area contributed by atoms with E-state index in [9.17, 15) is 14.4 Å². The molecule has 0 unspecified atom stereocenters. The molecule has 7 heteroatoms. The van der Waals surface area contributed by atoms with Crippen LogP contribution in [-0.2, 0) is 16.0 Å². The highest BCUT2D eigenvalue weighted by molar-refractivity contribution is 6.36. The van der Waals surface area contributed by atoms with E-state index in [4.69, 9.17) is 14.3 Å². The second-order valence-electron chi connectivity index (χ2n) is 6.65. The van der Waals surface area contributed by atoms with Crippen molar-refractivity contribution in [2.24, 2.45) is 0 Å². The fourth-order valence-electron chi connectivity index (χ4n) is 3.39. The minimum Gasteiger partial charge on any atom is -0.497 e. The van der Waals surface area contributed by atoms with Crippen LogP contribution in [0.15, 0.2) is 51.7 Å². The zero-order valence-corrected chi connectivity index (χ0v) is 15.5. The summed E-state index contributed by atoms with van der Waals surface area (Å²) in [6, 6.07) is 12.0. The lowest BCUT2D eigenvalue weighted by Crippen LogP contribution is -2.21. The van der Waals surface area contributed by atoms with Crippen molar-refractivity contribution < 1.29 is 23.8 Å². The number of carboxylic acids is 1. The molecule has 2 aromatic carbocycles. The van der Waals surface area contributed by atoms with Gasteiger partial charge in [0, 0.05) is 17.3 Å². The quantitative estimate of drug-likeness (QED) is 0.664. The van der Waals surface area contributed by atoms with Crippen LogP contribution >= 0.6 is 0 Å². The Bertz CT molecular complexity index is 1220. The summed E-state index contributed by atoms with van der Waals surface area (Å²) in [4.78, 5) is 35.0. The van der Waals surface area contributed by atoms with Gasteiger partial charge in [-0.15, -0.1) is 0 Å². The number of carbonyl (C=O) groups excluding carboxylic acids is 1. The second kappa shape index (κ2) is 7.27. The van der Waals surface area contributed by atoms with Gasteiger partial charge in [0.15, 0.2) is 5.43 Å². The lowest BCUT2D eigenvalue weighted by atomic mass is 10.1. The molecule has 0 aliphatic heterocycles. The Hall–Kier alpha value is -3.87. The van der Waals surface area contributed by atoms with Crippen LogP contribution in [0, 0.1) is 0 Å². The minimum absolute atomic E-state index is 0.115. The summed E-state index contributed by atoms with van der Waals surface area (Å²) in [6.07, 6.45) is 3.24. The third kappa shape index (κ3) is 3.50. The average molecular weight is 391 g/mol. The van der Waals surface area contributed by atoms with Crippen molar-refractivity contribution in [3.05, 3.63) is 69.6 Å². The molecule has 29 heavy (non-hydrogen) atoms. The van der Waals surface area contributed by atoms with Gasteiger partial charge in [-0.25, -0.2) is 4.79 Å². The van der Waals surface area contributed by atoms with Gasteiger partial charge in [0.05, 0.1) is 12.5 Å². The van der Waals surface area contributed by atoms with Crippen molar-refractivity contribution >= 4 is 40.2 Å². The lowest BCUT2D eigenvalue weighted by Gasteiger charge is -2.07. The monoisotopic (exact) mass is 391 g/mol. The molecule has 7 nitrogen and oxygen atoms in total. The largest absolute Gasteiger partial charge is 0.497 e. The zero-order valence-electron chi connectivity index (χ0n) is 15.5. The van der Waals surface area contributed by atoms with E-state index >= 15 is 0 Å². The fourth-order valence-corrected chi connectivity index (χ4v) is 3.39. The summed E-state index contributed by atoms with van der Waals surface area (Å²) in [7, 11) is 1.60. The van der Waals surface area contributed by atoms with E-state index in [1.807, 2.05) is 30.3 Å². The fraction of sp³-hybridized carbons (Fsp3) is 0.136. The summed E-state index contributed by atoms with van der Waals surface area (Å²) in [5.74, 6) is -1.47. The van der Waals surface area contributed by atoms with Crippen LogP contribution in [0.3, 0.4) is 0 Å². The molecule has 146 valence electrons. The third-order valence-electron chi connectivity index (χ3n) is 4.83.